The molecule has 0 amide bonds. The second-order valence-corrected chi connectivity index (χ2v) is 13.0. The minimum atomic E-state index is 1.12. The van der Waals surface area contributed by atoms with Gasteiger partial charge in [-0.05, 0) is 93.7 Å². The van der Waals surface area contributed by atoms with Crippen LogP contribution in [-0.2, 0) is 0 Å². The van der Waals surface area contributed by atoms with Gasteiger partial charge in [-0.3, -0.25) is 0 Å². The zero-order valence-corrected chi connectivity index (χ0v) is 28.7. The number of para-hydroxylation sites is 2. The molecule has 0 aliphatic rings. The summed E-state index contributed by atoms with van der Waals surface area (Å²) in [5.74, 6) is 0. The summed E-state index contributed by atoms with van der Waals surface area (Å²) < 4.78 is 0. The molecule has 2 heteroatoms. The number of benzene rings is 9. The summed E-state index contributed by atoms with van der Waals surface area (Å²) in [7, 11) is 0. The maximum Gasteiger partial charge on any atom is 0.0540 e. The average Bonchev–Trinajstić information content (AvgIpc) is 3.23. The monoisotopic (exact) mass is 664 g/mol. The molecule has 2 nitrogen and oxygen atoms in total. The number of fused-ring (bicyclic) bond motifs is 2. The van der Waals surface area contributed by atoms with Crippen LogP contribution in [0.1, 0.15) is 0 Å². The molecular formula is C50H36N2. The number of rotatable bonds is 8. The van der Waals surface area contributed by atoms with Gasteiger partial charge in [0.25, 0.3) is 0 Å². The minimum absolute atomic E-state index is 1.12. The van der Waals surface area contributed by atoms with Gasteiger partial charge in [-0.25, -0.2) is 0 Å². The third-order valence-corrected chi connectivity index (χ3v) is 9.85. The Balaban J connectivity index is 1.00. The SMILES string of the molecule is c1ccc(N(c2ccc(-c3ccc(-c4ccc(N(c5ccccc5)c5cccc6ccccc56)cc4)cc3)cc2)c2cccc3ccccc23)cc1. The van der Waals surface area contributed by atoms with Gasteiger partial charge in [-0.15, -0.1) is 0 Å². The van der Waals surface area contributed by atoms with E-state index in [0.29, 0.717) is 0 Å². The van der Waals surface area contributed by atoms with Crippen molar-refractivity contribution in [3.63, 3.8) is 0 Å². The summed E-state index contributed by atoms with van der Waals surface area (Å²) in [5.41, 5.74) is 11.6. The number of anilines is 6. The lowest BCUT2D eigenvalue weighted by Gasteiger charge is -2.27. The van der Waals surface area contributed by atoms with Gasteiger partial charge in [0, 0.05) is 33.5 Å². The fourth-order valence-corrected chi connectivity index (χ4v) is 7.28. The van der Waals surface area contributed by atoms with Crippen LogP contribution >= 0.6 is 0 Å². The highest BCUT2D eigenvalue weighted by Gasteiger charge is 2.17. The Bertz CT molecular complexity index is 2400. The minimum Gasteiger partial charge on any atom is -0.310 e. The number of nitrogens with zero attached hydrogens (tertiary/aromatic N) is 2. The van der Waals surface area contributed by atoms with Gasteiger partial charge >= 0.3 is 0 Å². The fourth-order valence-electron chi connectivity index (χ4n) is 7.28. The van der Waals surface area contributed by atoms with E-state index in [4.69, 9.17) is 0 Å². The van der Waals surface area contributed by atoms with Crippen molar-refractivity contribution in [1.82, 2.24) is 0 Å². The molecule has 0 saturated heterocycles. The summed E-state index contributed by atoms with van der Waals surface area (Å²) in [4.78, 5) is 4.69. The van der Waals surface area contributed by atoms with Crippen molar-refractivity contribution in [2.45, 2.75) is 0 Å². The Morgan fingerprint density at radius 1 is 0.212 bits per heavy atom. The van der Waals surface area contributed by atoms with Crippen molar-refractivity contribution in [3.8, 4) is 22.3 Å². The standard InChI is InChI=1S/C50H36N2/c1-3-17-43(18-4-1)51(49-23-11-15-41-13-7-9-21-47(41)49)45-33-29-39(30-34-45)37-25-27-38(28-26-37)40-31-35-46(36-32-40)52(44-19-5-2-6-20-44)50-24-12-16-42-14-8-10-22-48(42)50/h1-36H. The van der Waals surface area contributed by atoms with E-state index < -0.39 is 0 Å². The molecule has 0 saturated carbocycles. The van der Waals surface area contributed by atoms with Gasteiger partial charge in [0.1, 0.15) is 0 Å². The van der Waals surface area contributed by atoms with Gasteiger partial charge in [0.05, 0.1) is 11.4 Å². The molecule has 0 aromatic heterocycles. The van der Waals surface area contributed by atoms with Crippen LogP contribution < -0.4 is 9.80 Å². The van der Waals surface area contributed by atoms with Crippen LogP contribution in [0.15, 0.2) is 218 Å². The Morgan fingerprint density at radius 3 is 0.885 bits per heavy atom. The van der Waals surface area contributed by atoms with Gasteiger partial charge in [-0.1, -0.05) is 158 Å². The first-order chi connectivity index (χ1) is 25.8. The van der Waals surface area contributed by atoms with Gasteiger partial charge < -0.3 is 9.80 Å². The highest BCUT2D eigenvalue weighted by Crippen LogP contribution is 2.41. The van der Waals surface area contributed by atoms with Crippen molar-refractivity contribution in [2.24, 2.45) is 0 Å². The van der Waals surface area contributed by atoms with Crippen molar-refractivity contribution >= 4 is 55.7 Å². The lowest BCUT2D eigenvalue weighted by Crippen LogP contribution is -2.10. The third-order valence-electron chi connectivity index (χ3n) is 9.85. The van der Waals surface area contributed by atoms with Gasteiger partial charge in [0.15, 0.2) is 0 Å². The molecule has 0 unspecified atom stereocenters. The van der Waals surface area contributed by atoms with E-state index in [1.165, 1.54) is 43.8 Å². The van der Waals surface area contributed by atoms with Crippen LogP contribution in [0, 0.1) is 0 Å². The molecule has 0 aliphatic heterocycles. The van der Waals surface area contributed by atoms with Crippen molar-refractivity contribution in [2.75, 3.05) is 9.80 Å². The number of hydrogen-bond donors (Lipinski definition) is 0. The highest BCUT2D eigenvalue weighted by molar-refractivity contribution is 6.00. The second-order valence-electron chi connectivity index (χ2n) is 13.0. The summed E-state index contributed by atoms with van der Waals surface area (Å²) in [6, 6.07) is 78.2. The molecule has 0 N–H and O–H groups in total. The van der Waals surface area contributed by atoms with Crippen molar-refractivity contribution in [1.29, 1.82) is 0 Å². The predicted molar refractivity (Wildman–Crippen MR) is 222 cm³/mol. The molecule has 52 heavy (non-hydrogen) atoms. The van der Waals surface area contributed by atoms with Crippen LogP contribution in [-0.4, -0.2) is 0 Å². The molecular weight excluding hydrogens is 629 g/mol. The molecule has 9 aromatic carbocycles. The number of hydrogen-bond acceptors (Lipinski definition) is 2. The van der Waals surface area contributed by atoms with Gasteiger partial charge in [-0.2, -0.15) is 0 Å². The molecule has 0 bridgehead atoms. The predicted octanol–water partition coefficient (Wildman–Crippen LogP) is 14.3. The largest absolute Gasteiger partial charge is 0.310 e. The zero-order chi connectivity index (χ0) is 34.7. The first-order valence-electron chi connectivity index (χ1n) is 17.8. The van der Waals surface area contributed by atoms with Crippen LogP contribution in [0.2, 0.25) is 0 Å². The molecule has 246 valence electrons. The van der Waals surface area contributed by atoms with E-state index in [1.807, 2.05) is 0 Å². The molecule has 9 rings (SSSR count). The summed E-state index contributed by atoms with van der Waals surface area (Å²) in [6.45, 7) is 0. The van der Waals surface area contributed by atoms with Crippen LogP contribution in [0.3, 0.4) is 0 Å². The zero-order valence-electron chi connectivity index (χ0n) is 28.7. The maximum absolute atomic E-state index is 2.35. The normalized spacial score (nSPS) is 11.1. The lowest BCUT2D eigenvalue weighted by atomic mass is 9.99. The Morgan fingerprint density at radius 2 is 0.500 bits per heavy atom. The van der Waals surface area contributed by atoms with E-state index in [2.05, 4.69) is 228 Å². The van der Waals surface area contributed by atoms with E-state index in [0.717, 1.165) is 34.1 Å². The van der Waals surface area contributed by atoms with E-state index in [1.54, 1.807) is 0 Å². The van der Waals surface area contributed by atoms with Crippen molar-refractivity contribution in [3.05, 3.63) is 218 Å². The van der Waals surface area contributed by atoms with E-state index in [9.17, 15) is 0 Å². The average molecular weight is 665 g/mol. The molecule has 0 aliphatic carbocycles. The van der Waals surface area contributed by atoms with Crippen LogP contribution in [0.25, 0.3) is 43.8 Å². The van der Waals surface area contributed by atoms with E-state index >= 15 is 0 Å². The van der Waals surface area contributed by atoms with Crippen LogP contribution in [0.4, 0.5) is 34.1 Å². The fraction of sp³-hybridized carbons (Fsp3) is 0. The quantitative estimate of drug-likeness (QED) is 0.159. The summed E-state index contributed by atoms with van der Waals surface area (Å²) in [5, 5.41) is 4.90. The first kappa shape index (κ1) is 31.1. The lowest BCUT2D eigenvalue weighted by molar-refractivity contribution is 1.30. The smallest absolute Gasteiger partial charge is 0.0540 e. The Kier molecular flexibility index (Phi) is 8.24. The molecule has 0 atom stereocenters. The van der Waals surface area contributed by atoms with Crippen molar-refractivity contribution < 1.29 is 0 Å². The molecule has 9 aromatic rings. The molecule has 0 fully saturated rings. The highest BCUT2D eigenvalue weighted by atomic mass is 15.1. The van der Waals surface area contributed by atoms with Crippen LogP contribution in [0.5, 0.6) is 0 Å². The Hall–Kier alpha value is -6.90. The summed E-state index contributed by atoms with van der Waals surface area (Å²) >= 11 is 0. The molecule has 0 radical (unpaired) electrons. The molecule has 0 heterocycles. The molecule has 0 spiro atoms. The second kappa shape index (κ2) is 13.8. The first-order valence-corrected chi connectivity index (χ1v) is 17.8. The van der Waals surface area contributed by atoms with Gasteiger partial charge in [0.2, 0.25) is 0 Å². The third kappa shape index (κ3) is 5.97. The van der Waals surface area contributed by atoms with E-state index in [-0.39, 0.29) is 0 Å². The maximum atomic E-state index is 2.35. The topological polar surface area (TPSA) is 6.48 Å². The summed E-state index contributed by atoms with van der Waals surface area (Å²) in [6.07, 6.45) is 0. The Labute approximate surface area is 305 Å².